The lowest BCUT2D eigenvalue weighted by Gasteiger charge is -2.24. The largest absolute Gasteiger partial charge is 0.416 e. The third-order valence-electron chi connectivity index (χ3n) is 5.63. The average molecular weight is 456 g/mol. The molecule has 32 heavy (non-hydrogen) atoms. The van der Waals surface area contributed by atoms with Gasteiger partial charge in [0.2, 0.25) is 11.8 Å². The highest BCUT2D eigenvalue weighted by molar-refractivity contribution is 6.01. The van der Waals surface area contributed by atoms with Crippen molar-refractivity contribution in [3.8, 4) is 11.1 Å². The summed E-state index contributed by atoms with van der Waals surface area (Å²) in [6, 6.07) is 5.78. The Bertz CT molecular complexity index is 1040. The summed E-state index contributed by atoms with van der Waals surface area (Å²) < 4.78 is 80.4. The second kappa shape index (κ2) is 7.83. The first-order valence-electron chi connectivity index (χ1n) is 10.00. The molecule has 0 unspecified atom stereocenters. The van der Waals surface area contributed by atoms with E-state index in [9.17, 15) is 35.9 Å². The van der Waals surface area contributed by atoms with E-state index in [1.165, 1.54) is 21.9 Å². The highest BCUT2D eigenvalue weighted by Crippen LogP contribution is 2.42. The quantitative estimate of drug-likeness (QED) is 0.561. The summed E-state index contributed by atoms with van der Waals surface area (Å²) in [5.74, 6) is -0.444. The van der Waals surface area contributed by atoms with Crippen LogP contribution in [0.2, 0.25) is 0 Å². The van der Waals surface area contributed by atoms with E-state index < -0.39 is 23.5 Å². The van der Waals surface area contributed by atoms with Crippen molar-refractivity contribution >= 4 is 23.2 Å². The minimum Gasteiger partial charge on any atom is -0.312 e. The zero-order chi connectivity index (χ0) is 23.3. The van der Waals surface area contributed by atoms with E-state index in [-0.39, 0.29) is 41.1 Å². The maximum Gasteiger partial charge on any atom is 0.416 e. The molecule has 4 rings (SSSR count). The number of anilines is 2. The van der Waals surface area contributed by atoms with Crippen molar-refractivity contribution in [2.45, 2.75) is 38.0 Å². The molecule has 2 aliphatic heterocycles. The lowest BCUT2D eigenvalue weighted by atomic mass is 9.96. The van der Waals surface area contributed by atoms with Crippen molar-refractivity contribution in [3.05, 3.63) is 47.5 Å². The zero-order valence-electron chi connectivity index (χ0n) is 16.7. The minimum absolute atomic E-state index is 0.0362. The Balaban J connectivity index is 1.94. The first kappa shape index (κ1) is 22.2. The molecule has 2 aromatic carbocycles. The van der Waals surface area contributed by atoms with Crippen molar-refractivity contribution in [3.63, 3.8) is 0 Å². The van der Waals surface area contributed by atoms with Crippen LogP contribution in [0.1, 0.15) is 36.8 Å². The van der Waals surface area contributed by atoms with E-state index in [2.05, 4.69) is 0 Å². The number of halogens is 6. The van der Waals surface area contributed by atoms with Crippen molar-refractivity contribution in [2.24, 2.45) is 0 Å². The van der Waals surface area contributed by atoms with Crippen LogP contribution in [0.4, 0.5) is 37.7 Å². The molecule has 2 fully saturated rings. The number of hydrogen-bond donors (Lipinski definition) is 0. The zero-order valence-corrected chi connectivity index (χ0v) is 16.7. The van der Waals surface area contributed by atoms with E-state index in [4.69, 9.17) is 0 Å². The van der Waals surface area contributed by atoms with Crippen molar-refractivity contribution in [1.29, 1.82) is 0 Å². The number of rotatable bonds is 3. The molecule has 2 aromatic rings. The fourth-order valence-corrected chi connectivity index (χ4v) is 4.09. The Hall–Kier alpha value is -3.04. The molecule has 4 nitrogen and oxygen atoms in total. The molecule has 0 aliphatic carbocycles. The molecular weight excluding hydrogens is 438 g/mol. The van der Waals surface area contributed by atoms with Crippen LogP contribution in [0, 0.1) is 0 Å². The second-order valence-corrected chi connectivity index (χ2v) is 7.79. The molecular formula is C22H18F6N2O2. The first-order chi connectivity index (χ1) is 14.9. The van der Waals surface area contributed by atoms with E-state index in [0.717, 1.165) is 0 Å². The van der Waals surface area contributed by atoms with Gasteiger partial charge in [0.25, 0.3) is 0 Å². The Morgan fingerprint density at radius 2 is 1.22 bits per heavy atom. The Morgan fingerprint density at radius 1 is 0.688 bits per heavy atom. The van der Waals surface area contributed by atoms with Crippen LogP contribution in [-0.2, 0) is 21.9 Å². The van der Waals surface area contributed by atoms with E-state index in [0.29, 0.717) is 50.2 Å². The molecule has 2 saturated heterocycles. The summed E-state index contributed by atoms with van der Waals surface area (Å²) >= 11 is 0. The van der Waals surface area contributed by atoms with E-state index in [1.54, 1.807) is 6.07 Å². The van der Waals surface area contributed by atoms with Crippen molar-refractivity contribution < 1.29 is 35.9 Å². The van der Waals surface area contributed by atoms with Crippen LogP contribution in [0.25, 0.3) is 11.1 Å². The number of carbonyl (C=O) groups is 2. The summed E-state index contributed by atoms with van der Waals surface area (Å²) in [5.41, 5.74) is -2.59. The molecule has 0 radical (unpaired) electrons. The SMILES string of the molecule is O=C1CCCN1c1ccc(N2CCCC2=O)c(-c2cc(C(F)(F)F)cc(C(F)(F)F)c2)c1. The van der Waals surface area contributed by atoms with E-state index >= 15 is 0 Å². The van der Waals surface area contributed by atoms with Crippen LogP contribution >= 0.6 is 0 Å². The lowest BCUT2D eigenvalue weighted by Crippen LogP contribution is -2.26. The van der Waals surface area contributed by atoms with Crippen LogP contribution in [0.15, 0.2) is 36.4 Å². The van der Waals surface area contributed by atoms with Crippen molar-refractivity contribution in [2.75, 3.05) is 22.9 Å². The van der Waals surface area contributed by atoms with Crippen LogP contribution < -0.4 is 9.80 Å². The van der Waals surface area contributed by atoms with Gasteiger partial charge in [0.15, 0.2) is 0 Å². The highest BCUT2D eigenvalue weighted by atomic mass is 19.4. The minimum atomic E-state index is -5.00. The van der Waals surface area contributed by atoms with Gasteiger partial charge in [-0.1, -0.05) is 0 Å². The van der Waals surface area contributed by atoms with Gasteiger partial charge in [0.1, 0.15) is 0 Å². The molecule has 2 aliphatic rings. The predicted octanol–water partition coefficient (Wildman–Crippen LogP) is 5.64. The predicted molar refractivity (Wildman–Crippen MR) is 105 cm³/mol. The third-order valence-corrected chi connectivity index (χ3v) is 5.63. The molecule has 10 heteroatoms. The summed E-state index contributed by atoms with van der Waals surface area (Å²) in [5, 5.41) is 0. The summed E-state index contributed by atoms with van der Waals surface area (Å²) in [7, 11) is 0. The summed E-state index contributed by atoms with van der Waals surface area (Å²) in [6.07, 6.45) is -8.32. The standard InChI is InChI=1S/C22H18F6N2O2/c23-21(24,25)14-9-13(10-15(11-14)22(26,27)28)17-12-16(29-7-1-3-19(29)31)5-6-18(17)30-8-2-4-20(30)32/h5-6,9-12H,1-4,7-8H2. The Kier molecular flexibility index (Phi) is 5.42. The molecule has 0 saturated carbocycles. The smallest absolute Gasteiger partial charge is 0.312 e. The average Bonchev–Trinajstić information content (AvgIpc) is 3.34. The van der Waals surface area contributed by atoms with Gasteiger partial charge in [-0.05, 0) is 54.8 Å². The van der Waals surface area contributed by atoms with Gasteiger partial charge >= 0.3 is 12.4 Å². The molecule has 0 spiro atoms. The molecule has 170 valence electrons. The second-order valence-electron chi connectivity index (χ2n) is 7.79. The van der Waals surface area contributed by atoms with Crippen LogP contribution in [0.5, 0.6) is 0 Å². The molecule has 0 bridgehead atoms. The molecule has 0 aromatic heterocycles. The fourth-order valence-electron chi connectivity index (χ4n) is 4.09. The maximum absolute atomic E-state index is 13.4. The number of hydrogen-bond acceptors (Lipinski definition) is 2. The van der Waals surface area contributed by atoms with Gasteiger partial charge in [-0.2, -0.15) is 26.3 Å². The summed E-state index contributed by atoms with van der Waals surface area (Å²) in [4.78, 5) is 27.3. The number of nitrogens with zero attached hydrogens (tertiary/aromatic N) is 2. The third kappa shape index (κ3) is 4.18. The van der Waals surface area contributed by atoms with Gasteiger partial charge in [-0.15, -0.1) is 0 Å². The van der Waals surface area contributed by atoms with Gasteiger partial charge in [-0.3, -0.25) is 9.59 Å². The van der Waals surface area contributed by atoms with Gasteiger partial charge in [-0.25, -0.2) is 0 Å². The molecule has 2 heterocycles. The lowest BCUT2D eigenvalue weighted by molar-refractivity contribution is -0.143. The molecule has 2 amide bonds. The van der Waals surface area contributed by atoms with Gasteiger partial charge in [0, 0.05) is 37.2 Å². The number of benzene rings is 2. The van der Waals surface area contributed by atoms with E-state index in [1.807, 2.05) is 0 Å². The molecule has 0 N–H and O–H groups in total. The van der Waals surface area contributed by atoms with Crippen LogP contribution in [0.3, 0.4) is 0 Å². The fraction of sp³-hybridized carbons (Fsp3) is 0.364. The highest BCUT2D eigenvalue weighted by Gasteiger charge is 2.37. The normalized spacial score (nSPS) is 17.6. The molecule has 0 atom stereocenters. The topological polar surface area (TPSA) is 40.6 Å². The number of alkyl halides is 6. The van der Waals surface area contributed by atoms with Crippen LogP contribution in [-0.4, -0.2) is 24.9 Å². The number of carbonyl (C=O) groups excluding carboxylic acids is 2. The number of amides is 2. The van der Waals surface area contributed by atoms with Crippen molar-refractivity contribution in [1.82, 2.24) is 0 Å². The Labute approximate surface area is 179 Å². The Morgan fingerprint density at radius 3 is 1.69 bits per heavy atom. The maximum atomic E-state index is 13.4. The monoisotopic (exact) mass is 456 g/mol. The van der Waals surface area contributed by atoms with Gasteiger partial charge in [0.05, 0.1) is 16.8 Å². The summed E-state index contributed by atoms with van der Waals surface area (Å²) in [6.45, 7) is 0.704. The first-order valence-corrected chi connectivity index (χ1v) is 10.00. The van der Waals surface area contributed by atoms with Gasteiger partial charge < -0.3 is 9.80 Å².